The van der Waals surface area contributed by atoms with Crippen LogP contribution in [-0.2, 0) is 11.2 Å². The average Bonchev–Trinajstić information content (AvgIpc) is 3.26. The van der Waals surface area contributed by atoms with E-state index < -0.39 is 12.0 Å². The third kappa shape index (κ3) is 3.33. The molecular weight excluding hydrogens is 378 g/mol. The number of amides is 1. The van der Waals surface area contributed by atoms with Crippen molar-refractivity contribution in [2.24, 2.45) is 5.73 Å². The summed E-state index contributed by atoms with van der Waals surface area (Å²) in [5.41, 5.74) is 7.06. The van der Waals surface area contributed by atoms with Crippen molar-refractivity contribution in [1.82, 2.24) is 19.7 Å². The van der Waals surface area contributed by atoms with Crippen molar-refractivity contribution >= 4 is 17.2 Å². The SMILES string of the molecule is CC(C)n1ncnc1-c1nc2c(s1)CCOc1cc(O[C@H](C)C(N)=O)ccc1-2. The summed E-state index contributed by atoms with van der Waals surface area (Å²) < 4.78 is 13.4. The van der Waals surface area contributed by atoms with Gasteiger partial charge in [-0.05, 0) is 32.9 Å². The predicted octanol–water partition coefficient (Wildman–Crippen LogP) is 2.84. The van der Waals surface area contributed by atoms with E-state index in [1.165, 1.54) is 0 Å². The van der Waals surface area contributed by atoms with Gasteiger partial charge < -0.3 is 15.2 Å². The fourth-order valence-electron chi connectivity index (χ4n) is 3.02. The zero-order valence-electron chi connectivity index (χ0n) is 15.9. The van der Waals surface area contributed by atoms with E-state index in [1.807, 2.05) is 10.7 Å². The highest BCUT2D eigenvalue weighted by molar-refractivity contribution is 7.15. The summed E-state index contributed by atoms with van der Waals surface area (Å²) in [7, 11) is 0. The molecule has 1 aliphatic rings. The molecular formula is C19H21N5O3S. The molecule has 8 nitrogen and oxygen atoms in total. The van der Waals surface area contributed by atoms with E-state index in [0.717, 1.165) is 33.4 Å². The van der Waals surface area contributed by atoms with Crippen molar-refractivity contribution in [3.8, 4) is 33.6 Å². The van der Waals surface area contributed by atoms with Gasteiger partial charge in [-0.3, -0.25) is 4.79 Å². The van der Waals surface area contributed by atoms with Crippen LogP contribution >= 0.6 is 11.3 Å². The van der Waals surface area contributed by atoms with Gasteiger partial charge in [0.2, 0.25) is 0 Å². The van der Waals surface area contributed by atoms with Crippen molar-refractivity contribution < 1.29 is 14.3 Å². The number of fused-ring (bicyclic) bond motifs is 3. The second-order valence-electron chi connectivity index (χ2n) is 6.83. The Morgan fingerprint density at radius 2 is 2.18 bits per heavy atom. The molecule has 9 heteroatoms. The molecule has 146 valence electrons. The Morgan fingerprint density at radius 3 is 2.93 bits per heavy atom. The maximum absolute atomic E-state index is 11.2. The van der Waals surface area contributed by atoms with Gasteiger partial charge in [0, 0.05) is 29.0 Å². The first-order valence-corrected chi connectivity index (χ1v) is 9.88. The third-order valence-corrected chi connectivity index (χ3v) is 5.57. The van der Waals surface area contributed by atoms with Crippen molar-refractivity contribution in [3.05, 3.63) is 29.4 Å². The van der Waals surface area contributed by atoms with Gasteiger partial charge in [0.15, 0.2) is 16.9 Å². The first-order valence-electron chi connectivity index (χ1n) is 9.07. The molecule has 0 radical (unpaired) electrons. The molecule has 2 N–H and O–H groups in total. The van der Waals surface area contributed by atoms with Crippen LogP contribution in [0.1, 0.15) is 31.7 Å². The second-order valence-corrected chi connectivity index (χ2v) is 7.92. The number of hydrogen-bond acceptors (Lipinski definition) is 7. The van der Waals surface area contributed by atoms with E-state index in [-0.39, 0.29) is 6.04 Å². The summed E-state index contributed by atoms with van der Waals surface area (Å²) in [6, 6.07) is 5.68. The minimum absolute atomic E-state index is 0.198. The monoisotopic (exact) mass is 399 g/mol. The molecule has 0 saturated carbocycles. The number of rotatable bonds is 5. The van der Waals surface area contributed by atoms with Gasteiger partial charge in [0.05, 0.1) is 12.3 Å². The Bertz CT molecular complexity index is 1030. The molecule has 1 amide bonds. The van der Waals surface area contributed by atoms with E-state index >= 15 is 0 Å². The van der Waals surface area contributed by atoms with Crippen LogP contribution in [0.3, 0.4) is 0 Å². The molecule has 0 bridgehead atoms. The molecule has 1 aliphatic heterocycles. The first-order chi connectivity index (χ1) is 13.4. The normalized spacial score (nSPS) is 14.0. The Labute approximate surface area is 166 Å². The molecule has 1 aromatic carbocycles. The summed E-state index contributed by atoms with van der Waals surface area (Å²) in [5, 5.41) is 5.15. The summed E-state index contributed by atoms with van der Waals surface area (Å²) in [5.74, 6) is 1.46. The molecule has 0 unspecified atom stereocenters. The van der Waals surface area contributed by atoms with Crippen molar-refractivity contribution in [1.29, 1.82) is 0 Å². The number of thiazole rings is 1. The van der Waals surface area contributed by atoms with E-state index in [2.05, 4.69) is 23.9 Å². The molecule has 28 heavy (non-hydrogen) atoms. The van der Waals surface area contributed by atoms with Crippen LogP contribution in [0, 0.1) is 0 Å². The number of nitrogens with zero attached hydrogens (tertiary/aromatic N) is 4. The molecule has 0 aliphatic carbocycles. The maximum atomic E-state index is 11.2. The number of primary amides is 1. The molecule has 2 aromatic heterocycles. The Hall–Kier alpha value is -2.94. The molecule has 4 rings (SSSR count). The van der Waals surface area contributed by atoms with Crippen molar-refractivity contribution in [2.45, 2.75) is 39.3 Å². The van der Waals surface area contributed by atoms with Gasteiger partial charge >= 0.3 is 0 Å². The fraction of sp³-hybridized carbons (Fsp3) is 0.368. The lowest BCUT2D eigenvalue weighted by Gasteiger charge is -2.14. The highest BCUT2D eigenvalue weighted by atomic mass is 32.1. The van der Waals surface area contributed by atoms with Crippen LogP contribution in [0.2, 0.25) is 0 Å². The van der Waals surface area contributed by atoms with E-state index in [0.29, 0.717) is 18.1 Å². The summed E-state index contributed by atoms with van der Waals surface area (Å²) in [6.07, 6.45) is 1.60. The van der Waals surface area contributed by atoms with Gasteiger partial charge in [-0.25, -0.2) is 14.6 Å². The topological polar surface area (TPSA) is 105 Å². The van der Waals surface area contributed by atoms with Crippen LogP contribution in [0.5, 0.6) is 11.5 Å². The van der Waals surface area contributed by atoms with Gasteiger partial charge in [-0.1, -0.05) is 0 Å². The highest BCUT2D eigenvalue weighted by Crippen LogP contribution is 2.41. The maximum Gasteiger partial charge on any atom is 0.258 e. The largest absolute Gasteiger partial charge is 0.492 e. The molecule has 3 aromatic rings. The first kappa shape index (κ1) is 18.4. The minimum atomic E-state index is -0.715. The van der Waals surface area contributed by atoms with Gasteiger partial charge in [-0.15, -0.1) is 11.3 Å². The van der Waals surface area contributed by atoms with Gasteiger partial charge in [0.1, 0.15) is 17.8 Å². The zero-order chi connectivity index (χ0) is 19.8. The smallest absolute Gasteiger partial charge is 0.258 e. The number of nitrogens with two attached hydrogens (primary N) is 1. The van der Waals surface area contributed by atoms with Crippen molar-refractivity contribution in [2.75, 3.05) is 6.61 Å². The lowest BCUT2D eigenvalue weighted by atomic mass is 10.1. The Balaban J connectivity index is 1.72. The lowest BCUT2D eigenvalue weighted by Crippen LogP contribution is -2.30. The second kappa shape index (κ2) is 7.23. The zero-order valence-corrected chi connectivity index (χ0v) is 16.7. The number of carbonyl (C=O) groups excluding carboxylic acids is 1. The molecule has 0 fully saturated rings. The summed E-state index contributed by atoms with van der Waals surface area (Å²) in [6.45, 7) is 6.28. The molecule has 0 saturated heterocycles. The Morgan fingerprint density at radius 1 is 1.36 bits per heavy atom. The van der Waals surface area contributed by atoms with Crippen LogP contribution in [0.25, 0.3) is 22.1 Å². The number of ether oxygens (including phenoxy) is 2. The third-order valence-electron chi connectivity index (χ3n) is 4.46. The van der Waals surface area contributed by atoms with Crippen LogP contribution in [0.15, 0.2) is 24.5 Å². The van der Waals surface area contributed by atoms with E-state index in [1.54, 1.807) is 36.7 Å². The lowest BCUT2D eigenvalue weighted by molar-refractivity contribution is -0.123. The Kier molecular flexibility index (Phi) is 4.76. The average molecular weight is 399 g/mol. The van der Waals surface area contributed by atoms with Crippen LogP contribution in [-0.4, -0.2) is 38.4 Å². The predicted molar refractivity (Wildman–Crippen MR) is 105 cm³/mol. The van der Waals surface area contributed by atoms with Gasteiger partial charge in [-0.2, -0.15) is 5.10 Å². The van der Waals surface area contributed by atoms with Crippen LogP contribution in [0.4, 0.5) is 0 Å². The fourth-order valence-corrected chi connectivity index (χ4v) is 4.06. The molecule has 0 spiro atoms. The van der Waals surface area contributed by atoms with Crippen molar-refractivity contribution in [3.63, 3.8) is 0 Å². The van der Waals surface area contributed by atoms with E-state index in [4.69, 9.17) is 20.2 Å². The van der Waals surface area contributed by atoms with Gasteiger partial charge in [0.25, 0.3) is 5.91 Å². The minimum Gasteiger partial charge on any atom is -0.492 e. The highest BCUT2D eigenvalue weighted by Gasteiger charge is 2.24. The number of carbonyl (C=O) groups is 1. The molecule has 3 heterocycles. The standard InChI is InChI=1S/C19H21N5O3S/c1-10(2)24-18(21-9-22-24)19-23-16-13-5-4-12(27-11(3)17(20)25)8-14(13)26-7-6-15(16)28-19/h4-5,8-11H,6-7H2,1-3H3,(H2,20,25)/t11-/m1/s1. The quantitative estimate of drug-likeness (QED) is 0.707. The molecule has 1 atom stereocenters. The number of aromatic nitrogens is 4. The summed E-state index contributed by atoms with van der Waals surface area (Å²) >= 11 is 1.61. The van der Waals surface area contributed by atoms with E-state index in [9.17, 15) is 4.79 Å². The summed E-state index contributed by atoms with van der Waals surface area (Å²) in [4.78, 5) is 21.6. The number of benzene rings is 1. The number of hydrogen-bond donors (Lipinski definition) is 1. The van der Waals surface area contributed by atoms with Crippen LogP contribution < -0.4 is 15.2 Å².